The van der Waals surface area contributed by atoms with E-state index in [0.717, 1.165) is 6.20 Å². The predicted molar refractivity (Wildman–Crippen MR) is 85.9 cm³/mol. The summed E-state index contributed by atoms with van der Waals surface area (Å²) in [5, 5.41) is 9.55. The van der Waals surface area contributed by atoms with Crippen molar-refractivity contribution in [1.29, 1.82) is 0 Å². The second-order valence-corrected chi connectivity index (χ2v) is 5.14. The summed E-state index contributed by atoms with van der Waals surface area (Å²) in [6.07, 6.45) is 1.07. The molecule has 5 nitrogen and oxygen atoms in total. The lowest BCUT2D eigenvalue weighted by molar-refractivity contribution is 0.0693. The molecule has 7 heteroatoms. The van der Waals surface area contributed by atoms with Crippen LogP contribution in [0, 0.1) is 5.82 Å². The number of para-hydroxylation sites is 1. The van der Waals surface area contributed by atoms with Crippen LogP contribution in [0.3, 0.4) is 0 Å². The lowest BCUT2D eigenvalue weighted by Gasteiger charge is -2.10. The van der Waals surface area contributed by atoms with E-state index in [-0.39, 0.29) is 28.6 Å². The standard InChI is InChI=1S/C17H10ClFN2O3/c18-12-6-2-4-8-14(12)24-16-11(17(22)23)9-20-15(21-16)10-5-1-3-7-13(10)19/h1-9H,(H,22,23). The summed E-state index contributed by atoms with van der Waals surface area (Å²) in [6.45, 7) is 0. The van der Waals surface area contributed by atoms with Gasteiger partial charge in [-0.15, -0.1) is 0 Å². The fraction of sp³-hybridized carbons (Fsp3) is 0. The Balaban J connectivity index is 2.09. The number of benzene rings is 2. The van der Waals surface area contributed by atoms with Gasteiger partial charge in [0.25, 0.3) is 0 Å². The number of halogens is 2. The quantitative estimate of drug-likeness (QED) is 0.758. The van der Waals surface area contributed by atoms with Gasteiger partial charge in [0.1, 0.15) is 17.1 Å². The van der Waals surface area contributed by atoms with Crippen molar-refractivity contribution in [3.05, 3.63) is 71.1 Å². The van der Waals surface area contributed by atoms with Crippen molar-refractivity contribution >= 4 is 17.6 Å². The Labute approximate surface area is 141 Å². The SMILES string of the molecule is O=C(O)c1cnc(-c2ccccc2F)nc1Oc1ccccc1Cl. The summed E-state index contributed by atoms with van der Waals surface area (Å²) in [5.41, 5.74) is -0.117. The van der Waals surface area contributed by atoms with Crippen LogP contribution in [0.4, 0.5) is 4.39 Å². The zero-order valence-electron chi connectivity index (χ0n) is 12.1. The molecule has 0 atom stereocenters. The first-order valence-corrected chi connectivity index (χ1v) is 7.21. The molecule has 0 aliphatic rings. The van der Waals surface area contributed by atoms with Crippen molar-refractivity contribution < 1.29 is 19.0 Å². The highest BCUT2D eigenvalue weighted by atomic mass is 35.5. The van der Waals surface area contributed by atoms with E-state index >= 15 is 0 Å². The third kappa shape index (κ3) is 3.18. The van der Waals surface area contributed by atoms with E-state index in [1.807, 2.05) is 0 Å². The number of carboxylic acid groups (broad SMARTS) is 1. The summed E-state index contributed by atoms with van der Waals surface area (Å²) < 4.78 is 19.4. The van der Waals surface area contributed by atoms with Crippen LogP contribution in [-0.4, -0.2) is 21.0 Å². The van der Waals surface area contributed by atoms with Gasteiger partial charge in [0.15, 0.2) is 5.82 Å². The van der Waals surface area contributed by atoms with Gasteiger partial charge in [0.05, 0.1) is 10.6 Å². The monoisotopic (exact) mass is 344 g/mol. The number of aromatic nitrogens is 2. The summed E-state index contributed by atoms with van der Waals surface area (Å²) in [7, 11) is 0. The number of carboxylic acids is 1. The Kier molecular flexibility index (Phi) is 4.39. The first kappa shape index (κ1) is 15.9. The van der Waals surface area contributed by atoms with Crippen LogP contribution in [0.25, 0.3) is 11.4 Å². The molecule has 0 bridgehead atoms. The van der Waals surface area contributed by atoms with Gasteiger partial charge >= 0.3 is 5.97 Å². The number of hydrogen-bond donors (Lipinski definition) is 1. The molecule has 2 aromatic carbocycles. The molecule has 3 aromatic rings. The Bertz CT molecular complexity index is 918. The van der Waals surface area contributed by atoms with Crippen molar-refractivity contribution in [2.75, 3.05) is 0 Å². The highest BCUT2D eigenvalue weighted by Gasteiger charge is 2.18. The van der Waals surface area contributed by atoms with Gasteiger partial charge in [-0.1, -0.05) is 35.9 Å². The van der Waals surface area contributed by atoms with Crippen LogP contribution >= 0.6 is 11.6 Å². The molecule has 1 N–H and O–H groups in total. The minimum absolute atomic E-state index is 0.0140. The molecule has 120 valence electrons. The molecule has 3 rings (SSSR count). The first-order valence-electron chi connectivity index (χ1n) is 6.84. The maximum Gasteiger partial charge on any atom is 0.342 e. The second-order valence-electron chi connectivity index (χ2n) is 4.73. The molecule has 0 unspecified atom stereocenters. The van der Waals surface area contributed by atoms with Crippen molar-refractivity contribution in [1.82, 2.24) is 9.97 Å². The largest absolute Gasteiger partial charge is 0.477 e. The van der Waals surface area contributed by atoms with Gasteiger partial charge < -0.3 is 9.84 Å². The maximum atomic E-state index is 13.9. The number of aromatic carboxylic acids is 1. The number of hydrogen-bond acceptors (Lipinski definition) is 4. The van der Waals surface area contributed by atoms with E-state index in [0.29, 0.717) is 5.02 Å². The van der Waals surface area contributed by atoms with E-state index in [1.54, 1.807) is 30.3 Å². The molecule has 0 spiro atoms. The molecule has 0 aliphatic carbocycles. The minimum atomic E-state index is -1.27. The van der Waals surface area contributed by atoms with Gasteiger partial charge in [-0.3, -0.25) is 0 Å². The van der Waals surface area contributed by atoms with E-state index in [4.69, 9.17) is 16.3 Å². The Morgan fingerprint density at radius 2 is 1.83 bits per heavy atom. The van der Waals surface area contributed by atoms with Gasteiger partial charge in [0, 0.05) is 6.20 Å². The van der Waals surface area contributed by atoms with Crippen LogP contribution in [-0.2, 0) is 0 Å². The smallest absolute Gasteiger partial charge is 0.342 e. The highest BCUT2D eigenvalue weighted by Crippen LogP contribution is 2.31. The Morgan fingerprint density at radius 1 is 1.12 bits per heavy atom. The molecule has 1 heterocycles. The van der Waals surface area contributed by atoms with Crippen molar-refractivity contribution in [3.63, 3.8) is 0 Å². The second kappa shape index (κ2) is 6.64. The zero-order valence-corrected chi connectivity index (χ0v) is 12.9. The highest BCUT2D eigenvalue weighted by molar-refractivity contribution is 6.32. The summed E-state index contributed by atoms with van der Waals surface area (Å²) in [6, 6.07) is 12.5. The fourth-order valence-electron chi connectivity index (χ4n) is 1.99. The lowest BCUT2D eigenvalue weighted by Crippen LogP contribution is -2.05. The minimum Gasteiger partial charge on any atom is -0.477 e. The summed E-state index contributed by atoms with van der Waals surface area (Å²) in [5.74, 6) is -1.76. The molecule has 24 heavy (non-hydrogen) atoms. The molecular weight excluding hydrogens is 335 g/mol. The topological polar surface area (TPSA) is 72.3 Å². The van der Waals surface area contributed by atoms with Gasteiger partial charge in [-0.2, -0.15) is 4.98 Å². The number of ether oxygens (including phenoxy) is 1. The van der Waals surface area contributed by atoms with Crippen LogP contribution < -0.4 is 4.74 Å². The van der Waals surface area contributed by atoms with E-state index in [9.17, 15) is 14.3 Å². The Hall–Kier alpha value is -2.99. The van der Waals surface area contributed by atoms with Crippen LogP contribution in [0.15, 0.2) is 54.7 Å². The van der Waals surface area contributed by atoms with Crippen LogP contribution in [0.5, 0.6) is 11.6 Å². The third-order valence-corrected chi connectivity index (χ3v) is 3.45. The first-order chi connectivity index (χ1) is 11.6. The van der Waals surface area contributed by atoms with Gasteiger partial charge in [-0.25, -0.2) is 14.2 Å². The van der Waals surface area contributed by atoms with E-state index in [1.165, 1.54) is 18.2 Å². The fourth-order valence-corrected chi connectivity index (χ4v) is 2.17. The molecule has 0 radical (unpaired) electrons. The molecule has 0 fully saturated rings. The lowest BCUT2D eigenvalue weighted by atomic mass is 10.2. The molecule has 0 saturated heterocycles. The van der Waals surface area contributed by atoms with Crippen LogP contribution in [0.1, 0.15) is 10.4 Å². The van der Waals surface area contributed by atoms with Gasteiger partial charge in [0.2, 0.25) is 5.88 Å². The molecular formula is C17H10ClFN2O3. The third-order valence-electron chi connectivity index (χ3n) is 3.14. The summed E-state index contributed by atoms with van der Waals surface area (Å²) >= 11 is 6.01. The molecule has 0 amide bonds. The van der Waals surface area contributed by atoms with Crippen LogP contribution in [0.2, 0.25) is 5.02 Å². The average Bonchev–Trinajstić information content (AvgIpc) is 2.57. The van der Waals surface area contributed by atoms with E-state index in [2.05, 4.69) is 9.97 Å². The van der Waals surface area contributed by atoms with Gasteiger partial charge in [-0.05, 0) is 24.3 Å². The molecule has 0 saturated carbocycles. The average molecular weight is 345 g/mol. The molecule has 0 aliphatic heterocycles. The van der Waals surface area contributed by atoms with E-state index < -0.39 is 11.8 Å². The number of carbonyl (C=O) groups is 1. The summed E-state index contributed by atoms with van der Waals surface area (Å²) in [4.78, 5) is 19.3. The predicted octanol–water partition coefficient (Wildman–Crippen LogP) is 4.43. The molecule has 1 aromatic heterocycles. The van der Waals surface area contributed by atoms with Crippen molar-refractivity contribution in [2.45, 2.75) is 0 Å². The normalized spacial score (nSPS) is 10.4. The Morgan fingerprint density at radius 3 is 2.54 bits per heavy atom. The maximum absolute atomic E-state index is 13.9. The number of rotatable bonds is 4. The van der Waals surface area contributed by atoms with Crippen molar-refractivity contribution in [3.8, 4) is 23.0 Å². The van der Waals surface area contributed by atoms with Crippen molar-refractivity contribution in [2.24, 2.45) is 0 Å². The zero-order chi connectivity index (χ0) is 17.1. The number of nitrogens with zero attached hydrogens (tertiary/aromatic N) is 2.